The third-order valence-electron chi connectivity index (χ3n) is 7.00. The van der Waals surface area contributed by atoms with Crippen molar-refractivity contribution in [2.45, 2.75) is 0 Å². The summed E-state index contributed by atoms with van der Waals surface area (Å²) in [4.78, 5) is 11.5. The Balaban J connectivity index is 1.46. The van der Waals surface area contributed by atoms with Crippen molar-refractivity contribution >= 4 is 5.69 Å². The fourth-order valence-electron chi connectivity index (χ4n) is 4.96. The first-order chi connectivity index (χ1) is 19.2. The molecule has 0 atom stereocenters. The Kier molecular flexibility index (Phi) is 6.55. The number of rotatable bonds is 6. The van der Waals surface area contributed by atoms with Crippen LogP contribution in [0.25, 0.3) is 55.6 Å². The van der Waals surface area contributed by atoms with Gasteiger partial charge in [0, 0.05) is 6.07 Å². The quantitative estimate of drug-likeness (QED) is 0.168. The molecule has 6 aromatic carbocycles. The molecule has 0 aromatic heterocycles. The van der Waals surface area contributed by atoms with Crippen molar-refractivity contribution in [2.75, 3.05) is 0 Å². The van der Waals surface area contributed by atoms with Crippen LogP contribution in [0.5, 0.6) is 0 Å². The summed E-state index contributed by atoms with van der Waals surface area (Å²) < 4.78 is 0. The third-order valence-corrected chi connectivity index (χ3v) is 7.00. The van der Waals surface area contributed by atoms with E-state index in [0.29, 0.717) is 5.56 Å². The van der Waals surface area contributed by atoms with Crippen LogP contribution in [0.2, 0.25) is 0 Å². The Bertz CT molecular complexity index is 1640. The molecule has 0 N–H and O–H groups in total. The largest absolute Gasteiger partial charge is 0.277 e. The van der Waals surface area contributed by atoms with Crippen LogP contribution in [-0.2, 0) is 0 Å². The molecule has 0 bridgehead atoms. The first-order valence-electron chi connectivity index (χ1n) is 12.9. The lowest BCUT2D eigenvalue weighted by molar-refractivity contribution is -0.384. The minimum Gasteiger partial charge on any atom is -0.258 e. The minimum absolute atomic E-state index is 0.0967. The molecule has 186 valence electrons. The highest BCUT2D eigenvalue weighted by molar-refractivity contribution is 5.85. The van der Waals surface area contributed by atoms with Crippen molar-refractivity contribution in [2.24, 2.45) is 0 Å². The zero-order valence-corrected chi connectivity index (χ0v) is 21.2. The molecular formula is C36H25NO2. The number of hydrogen-bond acceptors (Lipinski definition) is 2. The van der Waals surface area contributed by atoms with Gasteiger partial charge >= 0.3 is 0 Å². The van der Waals surface area contributed by atoms with Crippen LogP contribution in [0.1, 0.15) is 0 Å². The van der Waals surface area contributed by atoms with Gasteiger partial charge in [0.1, 0.15) is 0 Å². The average Bonchev–Trinajstić information content (AvgIpc) is 3.02. The molecule has 0 spiro atoms. The summed E-state index contributed by atoms with van der Waals surface area (Å²) in [5.74, 6) is 0. The number of nitrogens with zero attached hydrogens (tertiary/aromatic N) is 1. The molecule has 39 heavy (non-hydrogen) atoms. The average molecular weight is 504 g/mol. The van der Waals surface area contributed by atoms with Crippen molar-refractivity contribution in [3.8, 4) is 55.6 Å². The van der Waals surface area contributed by atoms with E-state index in [1.807, 2.05) is 60.7 Å². The van der Waals surface area contributed by atoms with Gasteiger partial charge in [0.2, 0.25) is 0 Å². The smallest absolute Gasteiger partial charge is 0.258 e. The van der Waals surface area contributed by atoms with Crippen LogP contribution < -0.4 is 0 Å². The molecule has 0 aliphatic rings. The van der Waals surface area contributed by atoms with Gasteiger partial charge < -0.3 is 0 Å². The Morgan fingerprint density at radius 2 is 0.692 bits per heavy atom. The highest BCUT2D eigenvalue weighted by Gasteiger charge is 2.16. The van der Waals surface area contributed by atoms with Gasteiger partial charge in [0.05, 0.1) is 10.5 Å². The van der Waals surface area contributed by atoms with Gasteiger partial charge in [0.15, 0.2) is 0 Å². The Morgan fingerprint density at radius 1 is 0.359 bits per heavy atom. The zero-order chi connectivity index (χ0) is 26.6. The fourth-order valence-corrected chi connectivity index (χ4v) is 4.96. The van der Waals surface area contributed by atoms with Gasteiger partial charge in [-0.25, -0.2) is 0 Å². The molecule has 0 saturated carbocycles. The van der Waals surface area contributed by atoms with Crippen molar-refractivity contribution in [1.82, 2.24) is 0 Å². The van der Waals surface area contributed by atoms with Gasteiger partial charge in [-0.2, -0.15) is 0 Å². The van der Waals surface area contributed by atoms with Crippen molar-refractivity contribution in [3.63, 3.8) is 0 Å². The van der Waals surface area contributed by atoms with E-state index in [-0.39, 0.29) is 10.6 Å². The lowest BCUT2D eigenvalue weighted by atomic mass is 9.91. The van der Waals surface area contributed by atoms with Crippen LogP contribution in [0.3, 0.4) is 0 Å². The zero-order valence-electron chi connectivity index (χ0n) is 21.2. The van der Waals surface area contributed by atoms with Crippen LogP contribution in [0.15, 0.2) is 152 Å². The van der Waals surface area contributed by atoms with E-state index >= 15 is 0 Å². The number of hydrogen-bond donors (Lipinski definition) is 0. The van der Waals surface area contributed by atoms with E-state index in [9.17, 15) is 10.1 Å². The van der Waals surface area contributed by atoms with Crippen molar-refractivity contribution in [3.05, 3.63) is 162 Å². The van der Waals surface area contributed by atoms with Crippen LogP contribution in [0, 0.1) is 10.1 Å². The molecule has 6 aromatic rings. The SMILES string of the molecule is O=[N+]([O-])c1ccccc1-c1cc(-c2ccc(-c3ccccc3)cc2)cc(-c2ccc(-c3ccccc3)cc2)c1. The maximum atomic E-state index is 11.9. The number of nitro benzene ring substituents is 1. The molecule has 6 rings (SSSR count). The summed E-state index contributed by atoms with van der Waals surface area (Å²) in [6, 6.07) is 50.7. The molecular weight excluding hydrogens is 478 g/mol. The molecule has 0 fully saturated rings. The summed E-state index contributed by atoms with van der Waals surface area (Å²) >= 11 is 0. The summed E-state index contributed by atoms with van der Waals surface area (Å²) in [6.07, 6.45) is 0. The van der Waals surface area contributed by atoms with Gasteiger partial charge in [-0.05, 0) is 74.3 Å². The predicted octanol–water partition coefficient (Wildman–Crippen LogP) is 9.93. The molecule has 0 unspecified atom stereocenters. The molecule has 0 radical (unpaired) electrons. The van der Waals surface area contributed by atoms with Crippen molar-refractivity contribution < 1.29 is 4.92 Å². The second-order valence-corrected chi connectivity index (χ2v) is 9.46. The second-order valence-electron chi connectivity index (χ2n) is 9.46. The molecule has 3 heteroatoms. The van der Waals surface area contributed by atoms with Gasteiger partial charge in [0.25, 0.3) is 5.69 Å². The Hall–Kier alpha value is -5.28. The Labute approximate surface area is 227 Å². The predicted molar refractivity (Wildman–Crippen MR) is 160 cm³/mol. The third kappa shape index (κ3) is 5.11. The first-order valence-corrected chi connectivity index (χ1v) is 12.9. The topological polar surface area (TPSA) is 43.1 Å². The minimum atomic E-state index is -0.314. The molecule has 0 amide bonds. The normalized spacial score (nSPS) is 10.8. The summed E-state index contributed by atoms with van der Waals surface area (Å²) in [7, 11) is 0. The fraction of sp³-hybridized carbons (Fsp3) is 0. The monoisotopic (exact) mass is 503 g/mol. The van der Waals surface area contributed by atoms with E-state index in [1.54, 1.807) is 12.1 Å². The van der Waals surface area contributed by atoms with Crippen LogP contribution in [0.4, 0.5) is 5.69 Å². The van der Waals surface area contributed by atoms with Gasteiger partial charge in [-0.3, -0.25) is 10.1 Å². The molecule has 0 heterocycles. The standard InChI is InChI=1S/C36H25NO2/c38-37(39)36-14-8-7-13-35(36)34-24-32(30-19-15-28(16-20-30)26-9-3-1-4-10-26)23-33(25-34)31-21-17-29(18-22-31)27-11-5-2-6-12-27/h1-25H. The van der Waals surface area contributed by atoms with E-state index in [2.05, 4.69) is 78.9 Å². The highest BCUT2D eigenvalue weighted by atomic mass is 16.6. The summed E-state index contributed by atoms with van der Waals surface area (Å²) in [5, 5.41) is 11.9. The summed E-state index contributed by atoms with van der Waals surface area (Å²) in [5.41, 5.74) is 10.3. The maximum Gasteiger partial charge on any atom is 0.277 e. The van der Waals surface area contributed by atoms with Crippen LogP contribution >= 0.6 is 0 Å². The van der Waals surface area contributed by atoms with E-state index in [1.165, 1.54) is 0 Å². The summed E-state index contributed by atoms with van der Waals surface area (Å²) in [6.45, 7) is 0. The van der Waals surface area contributed by atoms with E-state index < -0.39 is 0 Å². The number of para-hydroxylation sites is 1. The second kappa shape index (κ2) is 10.6. The van der Waals surface area contributed by atoms with E-state index in [4.69, 9.17) is 0 Å². The maximum absolute atomic E-state index is 11.9. The lowest BCUT2D eigenvalue weighted by Crippen LogP contribution is -1.93. The Morgan fingerprint density at radius 3 is 1.13 bits per heavy atom. The van der Waals surface area contributed by atoms with Crippen LogP contribution in [-0.4, -0.2) is 4.92 Å². The number of nitro groups is 1. The van der Waals surface area contributed by atoms with Gasteiger partial charge in [-0.1, -0.05) is 121 Å². The first kappa shape index (κ1) is 24.1. The molecule has 0 aliphatic carbocycles. The highest BCUT2D eigenvalue weighted by Crippen LogP contribution is 2.37. The van der Waals surface area contributed by atoms with Gasteiger partial charge in [-0.15, -0.1) is 0 Å². The molecule has 3 nitrogen and oxygen atoms in total. The molecule has 0 saturated heterocycles. The molecule has 0 aliphatic heterocycles. The lowest BCUT2D eigenvalue weighted by Gasteiger charge is -2.13. The van der Waals surface area contributed by atoms with E-state index in [0.717, 1.165) is 50.1 Å². The number of benzene rings is 6. The van der Waals surface area contributed by atoms with Crippen molar-refractivity contribution in [1.29, 1.82) is 0 Å².